The van der Waals surface area contributed by atoms with Crippen molar-refractivity contribution in [3.8, 4) is 11.3 Å². The van der Waals surface area contributed by atoms with E-state index < -0.39 is 5.56 Å². The zero-order valence-electron chi connectivity index (χ0n) is 15.8. The number of rotatable bonds is 4. The number of thiazole rings is 1. The van der Waals surface area contributed by atoms with Crippen LogP contribution in [0.25, 0.3) is 21.5 Å². The number of anilines is 1. The fourth-order valence-corrected chi connectivity index (χ4v) is 3.86. The first kappa shape index (κ1) is 18.9. The molecule has 0 spiro atoms. The lowest BCUT2D eigenvalue weighted by molar-refractivity contribution is -0.117. The van der Waals surface area contributed by atoms with E-state index in [1.165, 1.54) is 23.5 Å². The van der Waals surface area contributed by atoms with E-state index in [2.05, 4.69) is 15.4 Å². The average molecular weight is 408 g/mol. The lowest BCUT2D eigenvalue weighted by atomic mass is 10.1. The second-order valence-corrected chi connectivity index (χ2v) is 7.85. The molecule has 4 aromatic rings. The fourth-order valence-electron chi connectivity index (χ4n) is 2.94. The van der Waals surface area contributed by atoms with Crippen molar-refractivity contribution < 1.29 is 9.18 Å². The number of aryl methyl sites for hydroxylation is 2. The Bertz CT molecular complexity index is 1260. The van der Waals surface area contributed by atoms with Crippen molar-refractivity contribution in [2.24, 2.45) is 0 Å². The zero-order valence-corrected chi connectivity index (χ0v) is 16.6. The number of hydrogen-bond acceptors (Lipinski definition) is 5. The van der Waals surface area contributed by atoms with Crippen LogP contribution < -0.4 is 10.9 Å². The molecule has 0 aliphatic carbocycles. The van der Waals surface area contributed by atoms with Gasteiger partial charge in [-0.1, -0.05) is 17.7 Å². The fraction of sp³-hybridized carbons (Fsp3) is 0.143. The number of carbonyl (C=O) groups is 1. The molecule has 6 nitrogen and oxygen atoms in total. The van der Waals surface area contributed by atoms with Crippen LogP contribution in [-0.4, -0.2) is 20.7 Å². The minimum absolute atomic E-state index is 0.255. The number of hydrogen-bond donors (Lipinski definition) is 1. The van der Waals surface area contributed by atoms with E-state index in [4.69, 9.17) is 0 Å². The summed E-state index contributed by atoms with van der Waals surface area (Å²) in [6.07, 6.45) is 0. The Hall–Kier alpha value is -3.39. The van der Waals surface area contributed by atoms with Gasteiger partial charge in [0.1, 0.15) is 18.1 Å². The van der Waals surface area contributed by atoms with E-state index in [1.807, 2.05) is 19.1 Å². The van der Waals surface area contributed by atoms with E-state index >= 15 is 0 Å². The molecule has 0 fully saturated rings. The first-order valence-corrected chi connectivity index (χ1v) is 9.73. The van der Waals surface area contributed by atoms with Crippen molar-refractivity contribution >= 4 is 33.1 Å². The number of halogens is 1. The van der Waals surface area contributed by atoms with Gasteiger partial charge in [-0.3, -0.25) is 9.59 Å². The molecular formula is C21H17FN4O2S. The Morgan fingerprint density at radius 2 is 1.79 bits per heavy atom. The summed E-state index contributed by atoms with van der Waals surface area (Å²) < 4.78 is 15.1. The van der Waals surface area contributed by atoms with Gasteiger partial charge in [-0.15, -0.1) is 11.3 Å². The zero-order chi connectivity index (χ0) is 20.5. The number of nitrogens with zero attached hydrogens (tertiary/aromatic N) is 3. The SMILES string of the molecule is Cc1ccc(NC(=O)Cn2nc(-c3ccc(F)cc3)c3sc(C)nc3c2=O)cc1. The third kappa shape index (κ3) is 3.93. The van der Waals surface area contributed by atoms with Crippen LogP contribution in [0.15, 0.2) is 53.3 Å². The van der Waals surface area contributed by atoms with E-state index in [0.717, 1.165) is 10.2 Å². The van der Waals surface area contributed by atoms with Gasteiger partial charge in [0.15, 0.2) is 5.52 Å². The highest BCUT2D eigenvalue weighted by Crippen LogP contribution is 2.29. The van der Waals surface area contributed by atoms with E-state index in [9.17, 15) is 14.0 Å². The third-order valence-corrected chi connectivity index (χ3v) is 5.33. The van der Waals surface area contributed by atoms with Crippen LogP contribution in [0.4, 0.5) is 10.1 Å². The average Bonchev–Trinajstić information content (AvgIpc) is 3.09. The molecular weight excluding hydrogens is 391 g/mol. The molecule has 0 saturated carbocycles. The summed E-state index contributed by atoms with van der Waals surface area (Å²) in [4.78, 5) is 29.6. The van der Waals surface area contributed by atoms with Gasteiger partial charge < -0.3 is 5.32 Å². The number of amides is 1. The molecule has 8 heteroatoms. The smallest absolute Gasteiger partial charge is 0.294 e. The largest absolute Gasteiger partial charge is 0.324 e. The summed E-state index contributed by atoms with van der Waals surface area (Å²) in [7, 11) is 0. The first-order valence-electron chi connectivity index (χ1n) is 8.91. The summed E-state index contributed by atoms with van der Waals surface area (Å²) in [6, 6.07) is 13.2. The highest BCUT2D eigenvalue weighted by atomic mass is 32.1. The van der Waals surface area contributed by atoms with Crippen molar-refractivity contribution in [2.45, 2.75) is 20.4 Å². The van der Waals surface area contributed by atoms with Crippen LogP contribution in [0, 0.1) is 19.7 Å². The Kier molecular flexibility index (Phi) is 4.94. The normalized spacial score (nSPS) is 11.0. The van der Waals surface area contributed by atoms with E-state index in [1.54, 1.807) is 31.2 Å². The van der Waals surface area contributed by atoms with Crippen LogP contribution in [0.2, 0.25) is 0 Å². The monoisotopic (exact) mass is 408 g/mol. The third-order valence-electron chi connectivity index (χ3n) is 4.35. The Labute approximate surface area is 169 Å². The molecule has 0 bridgehead atoms. The molecule has 2 aromatic carbocycles. The van der Waals surface area contributed by atoms with Crippen molar-refractivity contribution in [1.82, 2.24) is 14.8 Å². The standard InChI is InChI=1S/C21H17FN4O2S/c1-12-3-9-16(10-4-12)24-17(27)11-26-21(28)19-20(29-13(2)23-19)18(25-26)14-5-7-15(22)8-6-14/h3-10H,11H2,1-2H3,(H,24,27). The summed E-state index contributed by atoms with van der Waals surface area (Å²) in [6.45, 7) is 3.50. The second-order valence-electron chi connectivity index (χ2n) is 6.64. The molecule has 0 radical (unpaired) electrons. The van der Waals surface area contributed by atoms with Crippen LogP contribution >= 0.6 is 11.3 Å². The summed E-state index contributed by atoms with van der Waals surface area (Å²) in [5.74, 6) is -0.740. The Morgan fingerprint density at radius 1 is 1.10 bits per heavy atom. The highest BCUT2D eigenvalue weighted by molar-refractivity contribution is 7.19. The topological polar surface area (TPSA) is 76.9 Å². The number of fused-ring (bicyclic) bond motifs is 1. The summed E-state index contributed by atoms with van der Waals surface area (Å²) in [5, 5.41) is 7.87. The number of carbonyl (C=O) groups excluding carboxylic acids is 1. The maximum absolute atomic E-state index is 13.3. The van der Waals surface area contributed by atoms with Gasteiger partial charge >= 0.3 is 0 Å². The molecule has 146 valence electrons. The molecule has 1 N–H and O–H groups in total. The van der Waals surface area contributed by atoms with Crippen molar-refractivity contribution in [3.63, 3.8) is 0 Å². The first-order chi connectivity index (χ1) is 13.9. The molecule has 0 unspecified atom stereocenters. The lowest BCUT2D eigenvalue weighted by Gasteiger charge is -2.09. The minimum atomic E-state index is -0.436. The van der Waals surface area contributed by atoms with Crippen molar-refractivity contribution in [3.05, 3.63) is 75.3 Å². The highest BCUT2D eigenvalue weighted by Gasteiger charge is 2.18. The lowest BCUT2D eigenvalue weighted by Crippen LogP contribution is -2.30. The van der Waals surface area contributed by atoms with Crippen molar-refractivity contribution in [1.29, 1.82) is 0 Å². The number of benzene rings is 2. The van der Waals surface area contributed by atoms with Gasteiger partial charge in [0.25, 0.3) is 5.56 Å². The molecule has 1 amide bonds. The molecule has 0 aliphatic heterocycles. The molecule has 29 heavy (non-hydrogen) atoms. The quantitative estimate of drug-likeness (QED) is 0.555. The summed E-state index contributed by atoms with van der Waals surface area (Å²) >= 11 is 1.34. The molecule has 0 saturated heterocycles. The molecule has 4 rings (SSSR count). The van der Waals surface area contributed by atoms with Crippen LogP contribution in [0.3, 0.4) is 0 Å². The van der Waals surface area contributed by atoms with Gasteiger partial charge in [0, 0.05) is 11.3 Å². The Morgan fingerprint density at radius 3 is 2.48 bits per heavy atom. The van der Waals surface area contributed by atoms with E-state index in [0.29, 0.717) is 26.7 Å². The molecule has 2 aromatic heterocycles. The molecule has 0 atom stereocenters. The molecule has 2 heterocycles. The number of aromatic nitrogens is 3. The van der Waals surface area contributed by atoms with Crippen LogP contribution in [-0.2, 0) is 11.3 Å². The summed E-state index contributed by atoms with van der Waals surface area (Å²) in [5.41, 5.74) is 2.67. The van der Waals surface area contributed by atoms with Gasteiger partial charge in [-0.2, -0.15) is 5.10 Å². The number of nitrogens with one attached hydrogen (secondary N) is 1. The Balaban J connectivity index is 1.73. The van der Waals surface area contributed by atoms with Gasteiger partial charge in [0.05, 0.1) is 9.71 Å². The van der Waals surface area contributed by atoms with Crippen molar-refractivity contribution in [2.75, 3.05) is 5.32 Å². The van der Waals surface area contributed by atoms with Crippen LogP contribution in [0.5, 0.6) is 0 Å². The molecule has 0 aliphatic rings. The van der Waals surface area contributed by atoms with E-state index in [-0.39, 0.29) is 23.8 Å². The minimum Gasteiger partial charge on any atom is -0.324 e. The van der Waals surface area contributed by atoms with Gasteiger partial charge in [-0.25, -0.2) is 14.1 Å². The predicted molar refractivity (Wildman–Crippen MR) is 112 cm³/mol. The van der Waals surface area contributed by atoms with Gasteiger partial charge in [-0.05, 0) is 50.2 Å². The van der Waals surface area contributed by atoms with Gasteiger partial charge in [0.2, 0.25) is 5.91 Å². The maximum atomic E-state index is 13.3. The maximum Gasteiger partial charge on any atom is 0.294 e. The van der Waals surface area contributed by atoms with Crippen LogP contribution in [0.1, 0.15) is 10.6 Å². The predicted octanol–water partition coefficient (Wildman–Crippen LogP) is 3.91. The second kappa shape index (κ2) is 7.56.